The first-order valence-corrected chi connectivity index (χ1v) is 10.8. The lowest BCUT2D eigenvalue weighted by Gasteiger charge is -2.35. The van der Waals surface area contributed by atoms with Crippen LogP contribution >= 0.6 is 0 Å². The topological polar surface area (TPSA) is 121 Å². The van der Waals surface area contributed by atoms with Gasteiger partial charge in [0.2, 0.25) is 18.6 Å². The maximum Gasteiger partial charge on any atom is 0.324 e. The van der Waals surface area contributed by atoms with Crippen molar-refractivity contribution in [3.8, 4) is 11.5 Å². The molecule has 0 atom stereocenters. The Morgan fingerprint density at radius 1 is 1.00 bits per heavy atom. The van der Waals surface area contributed by atoms with Gasteiger partial charge < -0.3 is 24.6 Å². The molecule has 3 aliphatic heterocycles. The van der Waals surface area contributed by atoms with Gasteiger partial charge in [-0.3, -0.25) is 24.6 Å². The first-order valence-electron chi connectivity index (χ1n) is 10.8. The van der Waals surface area contributed by atoms with Crippen molar-refractivity contribution in [1.82, 2.24) is 25.3 Å². The van der Waals surface area contributed by atoms with E-state index in [9.17, 15) is 19.2 Å². The number of carbonyl (C=O) groups excluding carboxylic acids is 4. The summed E-state index contributed by atoms with van der Waals surface area (Å²) in [5.74, 6) is 0.780. The van der Waals surface area contributed by atoms with Gasteiger partial charge in [-0.05, 0) is 18.2 Å². The van der Waals surface area contributed by atoms with Crippen molar-refractivity contribution in [3.63, 3.8) is 0 Å². The predicted octanol–water partition coefficient (Wildman–Crippen LogP) is -0.379. The lowest BCUT2D eigenvalue weighted by atomic mass is 10.2. The van der Waals surface area contributed by atoms with E-state index in [0.29, 0.717) is 56.3 Å². The Morgan fingerprint density at radius 2 is 1.78 bits per heavy atom. The molecule has 0 aliphatic carbocycles. The van der Waals surface area contributed by atoms with E-state index in [1.54, 1.807) is 23.1 Å². The summed E-state index contributed by atoms with van der Waals surface area (Å²) in [6.45, 7) is 4.70. The quantitative estimate of drug-likeness (QED) is 0.587. The van der Waals surface area contributed by atoms with Crippen LogP contribution < -0.4 is 20.1 Å². The molecule has 0 spiro atoms. The molecule has 1 aromatic rings. The Hall–Kier alpha value is -3.34. The van der Waals surface area contributed by atoms with Crippen LogP contribution in [-0.2, 0) is 9.59 Å². The number of hydrogen-bond donors (Lipinski definition) is 2. The van der Waals surface area contributed by atoms with Crippen LogP contribution in [0.3, 0.4) is 0 Å². The summed E-state index contributed by atoms with van der Waals surface area (Å²) in [4.78, 5) is 53.2. The number of fused-ring (bicyclic) bond motifs is 1. The van der Waals surface area contributed by atoms with Crippen molar-refractivity contribution in [2.45, 2.75) is 12.8 Å². The summed E-state index contributed by atoms with van der Waals surface area (Å²) >= 11 is 0. The van der Waals surface area contributed by atoms with Crippen LogP contribution in [-0.4, -0.2) is 97.6 Å². The molecular formula is C21H27N5O6. The van der Waals surface area contributed by atoms with E-state index in [4.69, 9.17) is 9.47 Å². The maximum atomic E-state index is 12.5. The molecule has 2 saturated heterocycles. The van der Waals surface area contributed by atoms with Crippen molar-refractivity contribution in [2.24, 2.45) is 0 Å². The van der Waals surface area contributed by atoms with Crippen molar-refractivity contribution in [3.05, 3.63) is 23.8 Å². The van der Waals surface area contributed by atoms with Gasteiger partial charge in [-0.1, -0.05) is 0 Å². The fourth-order valence-corrected chi connectivity index (χ4v) is 3.89. The van der Waals surface area contributed by atoms with Crippen molar-refractivity contribution in [1.29, 1.82) is 0 Å². The average molecular weight is 445 g/mol. The summed E-state index contributed by atoms with van der Waals surface area (Å²) in [7, 11) is 0. The predicted molar refractivity (Wildman–Crippen MR) is 112 cm³/mol. The van der Waals surface area contributed by atoms with Crippen LogP contribution in [0.1, 0.15) is 23.2 Å². The first-order chi connectivity index (χ1) is 15.5. The Kier molecular flexibility index (Phi) is 6.74. The number of carbonyl (C=O) groups is 4. The van der Waals surface area contributed by atoms with E-state index < -0.39 is 6.03 Å². The lowest BCUT2D eigenvalue weighted by Crippen LogP contribution is -2.52. The molecule has 32 heavy (non-hydrogen) atoms. The minimum Gasteiger partial charge on any atom is -0.454 e. The standard InChI is InChI=1S/C21H27N5O6/c27-18-3-6-26(21(30)23-18)7-4-19(28)25-11-9-24(10-12-25)8-5-22-20(29)15-1-2-16-17(13-15)32-14-31-16/h1-2,13H,3-12,14H2,(H,22,29)(H,23,27,30). The van der Waals surface area contributed by atoms with Crippen molar-refractivity contribution < 1.29 is 28.7 Å². The monoisotopic (exact) mass is 445 g/mol. The molecule has 5 amide bonds. The Bertz CT molecular complexity index is 899. The van der Waals surface area contributed by atoms with E-state index in [2.05, 4.69) is 15.5 Å². The fraction of sp³-hybridized carbons (Fsp3) is 0.524. The lowest BCUT2D eigenvalue weighted by molar-refractivity contribution is -0.133. The first kappa shape index (κ1) is 21.9. The third-order valence-electron chi connectivity index (χ3n) is 5.81. The van der Waals surface area contributed by atoms with E-state index in [1.165, 1.54) is 4.90 Å². The summed E-state index contributed by atoms with van der Waals surface area (Å²) in [6.07, 6.45) is 0.511. The van der Waals surface area contributed by atoms with E-state index in [0.717, 1.165) is 13.1 Å². The molecule has 11 nitrogen and oxygen atoms in total. The second kappa shape index (κ2) is 9.86. The molecule has 2 fully saturated rings. The van der Waals surface area contributed by atoms with Gasteiger partial charge in [0.05, 0.1) is 0 Å². The molecule has 4 rings (SSSR count). The molecule has 0 unspecified atom stereocenters. The SMILES string of the molecule is O=C1CCN(CCC(=O)N2CCN(CCNC(=O)c3ccc4c(c3)OCO4)CC2)C(=O)N1. The number of imide groups is 1. The maximum absolute atomic E-state index is 12.5. The Balaban J connectivity index is 1.13. The number of amides is 5. The second-order valence-corrected chi connectivity index (χ2v) is 7.89. The van der Waals surface area contributed by atoms with Gasteiger partial charge in [-0.25, -0.2) is 4.79 Å². The molecular weight excluding hydrogens is 418 g/mol. The second-order valence-electron chi connectivity index (χ2n) is 7.89. The third kappa shape index (κ3) is 5.28. The molecule has 172 valence electrons. The van der Waals surface area contributed by atoms with Crippen molar-refractivity contribution in [2.75, 3.05) is 59.2 Å². The highest BCUT2D eigenvalue weighted by Crippen LogP contribution is 2.32. The number of urea groups is 1. The number of ether oxygens (including phenoxy) is 2. The van der Waals surface area contributed by atoms with Crippen LogP contribution in [0.25, 0.3) is 0 Å². The highest BCUT2D eigenvalue weighted by atomic mass is 16.7. The summed E-state index contributed by atoms with van der Waals surface area (Å²) in [5.41, 5.74) is 0.524. The smallest absolute Gasteiger partial charge is 0.324 e. The molecule has 2 N–H and O–H groups in total. The third-order valence-corrected chi connectivity index (χ3v) is 5.81. The molecule has 0 radical (unpaired) electrons. The number of nitrogens with one attached hydrogen (secondary N) is 2. The Morgan fingerprint density at radius 3 is 2.56 bits per heavy atom. The van der Waals surface area contributed by atoms with Gasteiger partial charge in [-0.2, -0.15) is 0 Å². The van der Waals surface area contributed by atoms with Crippen LogP contribution in [0.15, 0.2) is 18.2 Å². The van der Waals surface area contributed by atoms with Gasteiger partial charge in [0.1, 0.15) is 0 Å². The molecule has 0 saturated carbocycles. The molecule has 1 aromatic carbocycles. The van der Waals surface area contributed by atoms with Gasteiger partial charge in [0.15, 0.2) is 11.5 Å². The molecule has 0 aromatic heterocycles. The average Bonchev–Trinajstić information content (AvgIpc) is 3.26. The van der Waals surface area contributed by atoms with Gasteiger partial charge in [0.25, 0.3) is 5.91 Å². The normalized spacial score (nSPS) is 18.5. The Labute approximate surface area is 185 Å². The van der Waals surface area contributed by atoms with E-state index in [1.807, 2.05) is 0 Å². The molecule has 0 bridgehead atoms. The van der Waals surface area contributed by atoms with E-state index >= 15 is 0 Å². The van der Waals surface area contributed by atoms with Crippen LogP contribution in [0.2, 0.25) is 0 Å². The number of piperazine rings is 1. The summed E-state index contributed by atoms with van der Waals surface area (Å²) < 4.78 is 10.6. The largest absolute Gasteiger partial charge is 0.454 e. The molecule has 11 heteroatoms. The number of benzene rings is 1. The minimum absolute atomic E-state index is 0.00506. The molecule has 3 aliphatic rings. The van der Waals surface area contributed by atoms with Crippen LogP contribution in [0, 0.1) is 0 Å². The number of hydrogen-bond acceptors (Lipinski definition) is 7. The minimum atomic E-state index is -0.429. The highest BCUT2D eigenvalue weighted by Gasteiger charge is 2.25. The zero-order valence-electron chi connectivity index (χ0n) is 17.8. The fourth-order valence-electron chi connectivity index (χ4n) is 3.89. The zero-order chi connectivity index (χ0) is 22.5. The van der Waals surface area contributed by atoms with Crippen molar-refractivity contribution >= 4 is 23.8 Å². The zero-order valence-corrected chi connectivity index (χ0v) is 17.8. The number of rotatable bonds is 7. The van der Waals surface area contributed by atoms with Gasteiger partial charge in [-0.15, -0.1) is 0 Å². The summed E-state index contributed by atoms with van der Waals surface area (Å²) in [5, 5.41) is 5.17. The van der Waals surface area contributed by atoms with Crippen LogP contribution in [0.4, 0.5) is 4.79 Å². The highest BCUT2D eigenvalue weighted by molar-refractivity contribution is 5.96. The van der Waals surface area contributed by atoms with Gasteiger partial charge in [0, 0.05) is 70.8 Å². The summed E-state index contributed by atoms with van der Waals surface area (Å²) in [6, 6.07) is 4.68. The number of nitrogens with zero attached hydrogens (tertiary/aromatic N) is 3. The molecule has 3 heterocycles. The van der Waals surface area contributed by atoms with E-state index in [-0.39, 0.29) is 37.4 Å². The van der Waals surface area contributed by atoms with Gasteiger partial charge >= 0.3 is 6.03 Å². The van der Waals surface area contributed by atoms with Crippen LogP contribution in [0.5, 0.6) is 11.5 Å².